The fourth-order valence-electron chi connectivity index (χ4n) is 2.98. The van der Waals surface area contributed by atoms with Gasteiger partial charge in [0.2, 0.25) is 0 Å². The first kappa shape index (κ1) is 20.9. The smallest absolute Gasteiger partial charge is 0.347 e. The predicted molar refractivity (Wildman–Crippen MR) is 102 cm³/mol. The van der Waals surface area contributed by atoms with E-state index in [0.29, 0.717) is 13.2 Å². The lowest BCUT2D eigenvalue weighted by Crippen LogP contribution is -2.36. The standard InChI is InChI=1S/C21H21F3O3S/c1-20(2,18(25)14-8-10-16(11-9-14)21(22,23)24)28-17-12-26-19(27-13-17)15-6-4-3-5-7-15/h3-11,17,19H,12-13H2,1-2H3. The van der Waals surface area contributed by atoms with Crippen LogP contribution >= 0.6 is 11.8 Å². The van der Waals surface area contributed by atoms with Gasteiger partial charge in [-0.15, -0.1) is 11.8 Å². The Morgan fingerprint density at radius 2 is 1.54 bits per heavy atom. The van der Waals surface area contributed by atoms with Crippen LogP contribution in [0.15, 0.2) is 54.6 Å². The number of rotatable bonds is 5. The van der Waals surface area contributed by atoms with Gasteiger partial charge in [0.15, 0.2) is 12.1 Å². The average Bonchev–Trinajstić information content (AvgIpc) is 2.68. The third-order valence-electron chi connectivity index (χ3n) is 4.42. The van der Waals surface area contributed by atoms with E-state index >= 15 is 0 Å². The molecule has 0 aliphatic carbocycles. The molecule has 0 amide bonds. The van der Waals surface area contributed by atoms with Crippen molar-refractivity contribution in [2.45, 2.75) is 36.3 Å². The normalized spacial score (nSPS) is 20.8. The minimum absolute atomic E-state index is 0.0478. The first-order valence-corrected chi connectivity index (χ1v) is 9.73. The van der Waals surface area contributed by atoms with E-state index in [4.69, 9.17) is 9.47 Å². The summed E-state index contributed by atoms with van der Waals surface area (Å²) in [5.74, 6) is -0.226. The van der Waals surface area contributed by atoms with Gasteiger partial charge in [0.05, 0.1) is 28.8 Å². The zero-order valence-corrected chi connectivity index (χ0v) is 16.3. The van der Waals surface area contributed by atoms with Crippen molar-refractivity contribution < 1.29 is 27.4 Å². The van der Waals surface area contributed by atoms with Gasteiger partial charge >= 0.3 is 6.18 Å². The number of Topliss-reactive ketones (excluding diaryl/α,β-unsaturated/α-hetero) is 1. The highest BCUT2D eigenvalue weighted by molar-refractivity contribution is 8.02. The summed E-state index contributed by atoms with van der Waals surface area (Å²) in [6.45, 7) is 4.38. The second-order valence-corrected chi connectivity index (χ2v) is 8.99. The minimum atomic E-state index is -4.42. The molecule has 0 unspecified atom stereocenters. The summed E-state index contributed by atoms with van der Waals surface area (Å²) in [6.07, 6.45) is -4.84. The van der Waals surface area contributed by atoms with E-state index < -0.39 is 22.8 Å². The lowest BCUT2D eigenvalue weighted by molar-refractivity contribution is -0.179. The molecule has 0 bridgehead atoms. The van der Waals surface area contributed by atoms with E-state index in [0.717, 1.165) is 17.7 Å². The van der Waals surface area contributed by atoms with Gasteiger partial charge < -0.3 is 9.47 Å². The van der Waals surface area contributed by atoms with Crippen molar-refractivity contribution in [2.24, 2.45) is 0 Å². The van der Waals surface area contributed by atoms with E-state index in [1.807, 2.05) is 30.3 Å². The highest BCUT2D eigenvalue weighted by Crippen LogP contribution is 2.37. The molecule has 7 heteroatoms. The monoisotopic (exact) mass is 410 g/mol. The van der Waals surface area contributed by atoms with E-state index in [-0.39, 0.29) is 16.6 Å². The molecule has 0 spiro atoms. The summed E-state index contributed by atoms with van der Waals surface area (Å²) in [4.78, 5) is 12.8. The van der Waals surface area contributed by atoms with Crippen LogP contribution < -0.4 is 0 Å². The number of ketones is 1. The third-order valence-corrected chi connectivity index (χ3v) is 5.80. The number of hydrogen-bond acceptors (Lipinski definition) is 4. The fourth-order valence-corrected chi connectivity index (χ4v) is 4.34. The van der Waals surface area contributed by atoms with Crippen molar-refractivity contribution in [1.29, 1.82) is 0 Å². The number of ether oxygens (including phenoxy) is 2. The number of carbonyl (C=O) groups is 1. The Kier molecular flexibility index (Phi) is 6.17. The molecule has 28 heavy (non-hydrogen) atoms. The van der Waals surface area contributed by atoms with Crippen LogP contribution in [0.25, 0.3) is 0 Å². The maximum Gasteiger partial charge on any atom is 0.416 e. The molecule has 0 aromatic heterocycles. The Morgan fingerprint density at radius 1 is 0.964 bits per heavy atom. The Bertz CT molecular complexity index is 796. The molecule has 3 rings (SSSR count). The van der Waals surface area contributed by atoms with Crippen LogP contribution in [-0.4, -0.2) is 29.0 Å². The van der Waals surface area contributed by atoms with Crippen molar-refractivity contribution in [3.05, 3.63) is 71.3 Å². The molecule has 1 heterocycles. The van der Waals surface area contributed by atoms with Crippen LogP contribution in [0.4, 0.5) is 13.2 Å². The Morgan fingerprint density at radius 3 is 2.07 bits per heavy atom. The van der Waals surface area contributed by atoms with Gasteiger partial charge in [0.1, 0.15) is 0 Å². The average molecular weight is 410 g/mol. The maximum absolute atomic E-state index is 12.8. The van der Waals surface area contributed by atoms with Gasteiger partial charge in [-0.05, 0) is 26.0 Å². The first-order chi connectivity index (χ1) is 13.2. The number of hydrogen-bond donors (Lipinski definition) is 0. The third kappa shape index (κ3) is 4.96. The van der Waals surface area contributed by atoms with Gasteiger partial charge in [-0.2, -0.15) is 13.2 Å². The van der Waals surface area contributed by atoms with Crippen LogP contribution in [-0.2, 0) is 15.7 Å². The molecule has 1 aliphatic heterocycles. The summed E-state index contributed by atoms with van der Waals surface area (Å²) in [5, 5.41) is -0.0478. The molecule has 0 radical (unpaired) electrons. The maximum atomic E-state index is 12.8. The van der Waals surface area contributed by atoms with Crippen molar-refractivity contribution >= 4 is 17.5 Å². The number of alkyl halides is 3. The van der Waals surface area contributed by atoms with Crippen LogP contribution in [0.2, 0.25) is 0 Å². The van der Waals surface area contributed by atoms with E-state index in [2.05, 4.69) is 0 Å². The summed E-state index contributed by atoms with van der Waals surface area (Å²) in [5.41, 5.74) is 0.423. The topological polar surface area (TPSA) is 35.5 Å². The zero-order chi connectivity index (χ0) is 20.4. The van der Waals surface area contributed by atoms with Crippen LogP contribution in [0.5, 0.6) is 0 Å². The highest BCUT2D eigenvalue weighted by Gasteiger charge is 2.36. The summed E-state index contributed by atoms with van der Waals surface area (Å²) < 4.78 is 48.8. The number of halogens is 3. The lowest BCUT2D eigenvalue weighted by Gasteiger charge is -2.33. The molecule has 3 nitrogen and oxygen atoms in total. The number of thioether (sulfide) groups is 1. The van der Waals surface area contributed by atoms with Crippen molar-refractivity contribution in [3.8, 4) is 0 Å². The quantitative estimate of drug-likeness (QED) is 0.609. The minimum Gasteiger partial charge on any atom is -0.347 e. The molecule has 2 aromatic carbocycles. The van der Waals surface area contributed by atoms with Crippen molar-refractivity contribution in [3.63, 3.8) is 0 Å². The first-order valence-electron chi connectivity index (χ1n) is 8.85. The number of benzene rings is 2. The van der Waals surface area contributed by atoms with E-state index in [1.165, 1.54) is 23.9 Å². The molecule has 150 valence electrons. The molecule has 1 fully saturated rings. The van der Waals surface area contributed by atoms with Crippen LogP contribution in [0.1, 0.15) is 41.6 Å². The number of carbonyl (C=O) groups excluding carboxylic acids is 1. The van der Waals surface area contributed by atoms with Crippen molar-refractivity contribution in [1.82, 2.24) is 0 Å². The second-order valence-electron chi connectivity index (χ2n) is 7.06. The SMILES string of the molecule is CC(C)(SC1COC(c2ccccc2)OC1)C(=O)c1ccc(C(F)(F)F)cc1. The summed E-state index contributed by atoms with van der Waals surface area (Å²) >= 11 is 1.41. The molecule has 1 saturated heterocycles. The fraction of sp³-hybridized carbons (Fsp3) is 0.381. The van der Waals surface area contributed by atoms with Gasteiger partial charge in [0, 0.05) is 11.1 Å². The molecule has 0 N–H and O–H groups in total. The molecule has 0 atom stereocenters. The largest absolute Gasteiger partial charge is 0.416 e. The molecular weight excluding hydrogens is 389 g/mol. The van der Waals surface area contributed by atoms with Gasteiger partial charge in [-0.25, -0.2) is 0 Å². The van der Waals surface area contributed by atoms with Gasteiger partial charge in [0.25, 0.3) is 0 Å². The molecule has 0 saturated carbocycles. The van der Waals surface area contributed by atoms with Gasteiger partial charge in [-0.3, -0.25) is 4.79 Å². The Labute approximate surface area is 166 Å². The second kappa shape index (κ2) is 8.27. The van der Waals surface area contributed by atoms with Gasteiger partial charge in [-0.1, -0.05) is 42.5 Å². The predicted octanol–water partition coefficient (Wildman–Crippen LogP) is 5.51. The summed E-state index contributed by atoms with van der Waals surface area (Å²) in [6, 6.07) is 13.9. The summed E-state index contributed by atoms with van der Waals surface area (Å²) in [7, 11) is 0. The molecule has 1 aliphatic rings. The van der Waals surface area contributed by atoms with Crippen LogP contribution in [0, 0.1) is 0 Å². The van der Waals surface area contributed by atoms with Crippen LogP contribution in [0.3, 0.4) is 0 Å². The highest BCUT2D eigenvalue weighted by atomic mass is 32.2. The van der Waals surface area contributed by atoms with E-state index in [9.17, 15) is 18.0 Å². The zero-order valence-electron chi connectivity index (χ0n) is 15.5. The Hall–Kier alpha value is -1.83. The Balaban J connectivity index is 1.60. The lowest BCUT2D eigenvalue weighted by atomic mass is 9.99. The van der Waals surface area contributed by atoms with E-state index in [1.54, 1.807) is 13.8 Å². The molecular formula is C21H21F3O3S. The van der Waals surface area contributed by atoms with Crippen molar-refractivity contribution in [2.75, 3.05) is 13.2 Å². The molecule has 2 aromatic rings.